The summed E-state index contributed by atoms with van der Waals surface area (Å²) in [6.07, 6.45) is 1.53. The summed E-state index contributed by atoms with van der Waals surface area (Å²) in [7, 11) is 0. The fourth-order valence-corrected chi connectivity index (χ4v) is 1.94. The van der Waals surface area contributed by atoms with Crippen molar-refractivity contribution in [2.45, 2.75) is 13.0 Å². The van der Waals surface area contributed by atoms with Crippen molar-refractivity contribution in [3.63, 3.8) is 0 Å². The van der Waals surface area contributed by atoms with E-state index in [0.29, 0.717) is 21.4 Å². The van der Waals surface area contributed by atoms with Crippen molar-refractivity contribution < 1.29 is 0 Å². The molecule has 0 fully saturated rings. The number of nitriles is 1. The minimum Gasteiger partial charge on any atom is -0.364 e. The van der Waals surface area contributed by atoms with Crippen molar-refractivity contribution in [1.29, 1.82) is 5.26 Å². The van der Waals surface area contributed by atoms with Crippen LogP contribution in [0.1, 0.15) is 24.1 Å². The molecule has 5 heteroatoms. The molecule has 0 bridgehead atoms. The van der Waals surface area contributed by atoms with Gasteiger partial charge in [-0.05, 0) is 36.8 Å². The van der Waals surface area contributed by atoms with Crippen LogP contribution >= 0.6 is 23.2 Å². The van der Waals surface area contributed by atoms with Crippen LogP contribution in [-0.2, 0) is 0 Å². The Labute approximate surface area is 121 Å². The average Bonchev–Trinajstić information content (AvgIpc) is 2.42. The number of aromatic nitrogens is 1. The second kappa shape index (κ2) is 5.92. The van der Waals surface area contributed by atoms with Gasteiger partial charge in [-0.1, -0.05) is 29.3 Å². The van der Waals surface area contributed by atoms with Crippen LogP contribution in [0.25, 0.3) is 0 Å². The molecule has 0 spiro atoms. The van der Waals surface area contributed by atoms with Gasteiger partial charge in [-0.25, -0.2) is 4.98 Å². The topological polar surface area (TPSA) is 48.7 Å². The molecule has 1 heterocycles. The molecule has 0 aliphatic rings. The molecule has 1 unspecified atom stereocenters. The Kier molecular flexibility index (Phi) is 4.26. The van der Waals surface area contributed by atoms with Gasteiger partial charge in [0.05, 0.1) is 15.6 Å². The first-order valence-corrected chi connectivity index (χ1v) is 6.43. The third kappa shape index (κ3) is 3.37. The zero-order valence-corrected chi connectivity index (χ0v) is 11.7. The van der Waals surface area contributed by atoms with E-state index in [4.69, 9.17) is 28.5 Å². The average molecular weight is 292 g/mol. The summed E-state index contributed by atoms with van der Waals surface area (Å²) >= 11 is 11.9. The van der Waals surface area contributed by atoms with Gasteiger partial charge >= 0.3 is 0 Å². The molecule has 96 valence electrons. The van der Waals surface area contributed by atoms with Crippen molar-refractivity contribution in [1.82, 2.24) is 4.98 Å². The zero-order chi connectivity index (χ0) is 13.8. The Hall–Kier alpha value is -1.76. The maximum absolute atomic E-state index is 8.71. The van der Waals surface area contributed by atoms with E-state index < -0.39 is 0 Å². The highest BCUT2D eigenvalue weighted by Crippen LogP contribution is 2.26. The number of halogens is 2. The lowest BCUT2D eigenvalue weighted by Crippen LogP contribution is -2.07. The van der Waals surface area contributed by atoms with E-state index >= 15 is 0 Å². The van der Waals surface area contributed by atoms with Crippen molar-refractivity contribution >= 4 is 29.0 Å². The lowest BCUT2D eigenvalue weighted by molar-refractivity contribution is 0.874. The molecule has 1 aromatic heterocycles. The summed E-state index contributed by atoms with van der Waals surface area (Å²) in [5.41, 5.74) is 1.55. The largest absolute Gasteiger partial charge is 0.364 e. The van der Waals surface area contributed by atoms with Gasteiger partial charge in [-0.15, -0.1) is 0 Å². The van der Waals surface area contributed by atoms with Gasteiger partial charge in [-0.3, -0.25) is 0 Å². The minimum atomic E-state index is 0.0372. The lowest BCUT2D eigenvalue weighted by atomic mass is 10.1. The standard InChI is InChI=1S/C14H11Cl2N3/c1-9(11-3-4-12(15)13(16)6-11)19-14-5-2-10(7-17)8-18-14/h2-6,8-9H,1H3,(H,18,19). The summed E-state index contributed by atoms with van der Waals surface area (Å²) in [5.74, 6) is 0.706. The number of pyridine rings is 1. The van der Waals surface area contributed by atoms with Crippen LogP contribution < -0.4 is 5.32 Å². The summed E-state index contributed by atoms with van der Waals surface area (Å²) in [6.45, 7) is 2.00. The highest BCUT2D eigenvalue weighted by atomic mass is 35.5. The molecule has 0 saturated carbocycles. The molecule has 3 nitrogen and oxygen atoms in total. The van der Waals surface area contributed by atoms with Crippen LogP contribution in [0.15, 0.2) is 36.5 Å². The Morgan fingerprint density at radius 3 is 2.58 bits per heavy atom. The van der Waals surface area contributed by atoms with Gasteiger partial charge in [0.2, 0.25) is 0 Å². The quantitative estimate of drug-likeness (QED) is 0.910. The number of anilines is 1. The second-order valence-corrected chi connectivity index (χ2v) is 4.90. The van der Waals surface area contributed by atoms with Crippen molar-refractivity contribution in [3.8, 4) is 6.07 Å². The van der Waals surface area contributed by atoms with Crippen molar-refractivity contribution in [2.75, 3.05) is 5.32 Å². The van der Waals surface area contributed by atoms with Gasteiger partial charge < -0.3 is 5.32 Å². The van der Waals surface area contributed by atoms with Crippen LogP contribution in [0.2, 0.25) is 10.0 Å². The maximum Gasteiger partial charge on any atom is 0.126 e. The summed E-state index contributed by atoms with van der Waals surface area (Å²) < 4.78 is 0. The molecule has 2 rings (SSSR count). The molecule has 0 amide bonds. The van der Waals surface area contributed by atoms with E-state index in [1.807, 2.05) is 25.1 Å². The number of nitrogens with one attached hydrogen (secondary N) is 1. The van der Waals surface area contributed by atoms with E-state index in [1.54, 1.807) is 18.2 Å². The predicted molar refractivity (Wildman–Crippen MR) is 77.5 cm³/mol. The van der Waals surface area contributed by atoms with Crippen LogP contribution in [0.5, 0.6) is 0 Å². The monoisotopic (exact) mass is 291 g/mol. The Bertz CT molecular complexity index is 618. The van der Waals surface area contributed by atoms with E-state index in [9.17, 15) is 0 Å². The fourth-order valence-electron chi connectivity index (χ4n) is 1.63. The van der Waals surface area contributed by atoms with E-state index in [2.05, 4.69) is 10.3 Å². The smallest absolute Gasteiger partial charge is 0.126 e. The lowest BCUT2D eigenvalue weighted by Gasteiger charge is -2.15. The summed E-state index contributed by atoms with van der Waals surface area (Å²) in [4.78, 5) is 4.16. The van der Waals surface area contributed by atoms with Crippen LogP contribution in [0.3, 0.4) is 0 Å². The molecule has 0 aliphatic heterocycles. The number of hydrogen-bond acceptors (Lipinski definition) is 3. The Morgan fingerprint density at radius 2 is 2.00 bits per heavy atom. The van der Waals surface area contributed by atoms with Gasteiger partial charge in [0.1, 0.15) is 11.9 Å². The molecule has 0 saturated heterocycles. The van der Waals surface area contributed by atoms with E-state index in [1.165, 1.54) is 6.20 Å². The Morgan fingerprint density at radius 1 is 1.21 bits per heavy atom. The molecule has 0 aliphatic carbocycles. The maximum atomic E-state index is 8.71. The molecular formula is C14H11Cl2N3. The number of nitrogens with zero attached hydrogens (tertiary/aromatic N) is 2. The number of benzene rings is 1. The van der Waals surface area contributed by atoms with Gasteiger partial charge in [0.15, 0.2) is 0 Å². The zero-order valence-electron chi connectivity index (χ0n) is 10.2. The minimum absolute atomic E-state index is 0.0372. The molecule has 1 N–H and O–H groups in total. The highest BCUT2D eigenvalue weighted by Gasteiger charge is 2.08. The molecule has 19 heavy (non-hydrogen) atoms. The van der Waals surface area contributed by atoms with E-state index in [-0.39, 0.29) is 6.04 Å². The molecule has 1 aromatic carbocycles. The highest BCUT2D eigenvalue weighted by molar-refractivity contribution is 6.42. The fraction of sp³-hybridized carbons (Fsp3) is 0.143. The summed E-state index contributed by atoms with van der Waals surface area (Å²) in [6, 6.07) is 11.1. The first-order chi connectivity index (χ1) is 9.10. The molecular weight excluding hydrogens is 281 g/mol. The van der Waals surface area contributed by atoms with Crippen molar-refractivity contribution in [2.24, 2.45) is 0 Å². The normalized spacial score (nSPS) is 11.7. The van der Waals surface area contributed by atoms with Crippen LogP contribution in [0.4, 0.5) is 5.82 Å². The predicted octanol–water partition coefficient (Wildman–Crippen LogP) is 4.43. The van der Waals surface area contributed by atoms with Gasteiger partial charge in [-0.2, -0.15) is 5.26 Å². The molecule has 0 radical (unpaired) electrons. The van der Waals surface area contributed by atoms with Crippen LogP contribution in [-0.4, -0.2) is 4.98 Å². The molecule has 2 aromatic rings. The second-order valence-electron chi connectivity index (χ2n) is 4.08. The molecule has 1 atom stereocenters. The first kappa shape index (κ1) is 13.7. The van der Waals surface area contributed by atoms with Gasteiger partial charge in [0.25, 0.3) is 0 Å². The van der Waals surface area contributed by atoms with Crippen LogP contribution in [0, 0.1) is 11.3 Å². The van der Waals surface area contributed by atoms with Gasteiger partial charge in [0, 0.05) is 12.2 Å². The number of rotatable bonds is 3. The SMILES string of the molecule is CC(Nc1ccc(C#N)cn1)c1ccc(Cl)c(Cl)c1. The first-order valence-electron chi connectivity index (χ1n) is 5.68. The Balaban J connectivity index is 2.13. The van der Waals surface area contributed by atoms with Crippen molar-refractivity contribution in [3.05, 3.63) is 57.7 Å². The number of hydrogen-bond donors (Lipinski definition) is 1. The third-order valence-electron chi connectivity index (χ3n) is 2.70. The third-order valence-corrected chi connectivity index (χ3v) is 3.44. The summed E-state index contributed by atoms with van der Waals surface area (Å²) in [5, 5.41) is 13.0. The van der Waals surface area contributed by atoms with E-state index in [0.717, 1.165) is 5.56 Å².